The van der Waals surface area contributed by atoms with Crippen molar-refractivity contribution in [3.63, 3.8) is 0 Å². The number of hydrogen-bond donors (Lipinski definition) is 1. The second kappa shape index (κ2) is 2.77. The molecule has 1 fully saturated rings. The van der Waals surface area contributed by atoms with Crippen molar-refractivity contribution in [2.45, 2.75) is 50.9 Å². The molecule has 0 bridgehead atoms. The summed E-state index contributed by atoms with van der Waals surface area (Å²) in [6, 6.07) is -0.285. The largest absolute Gasteiger partial charge is 0.385 e. The number of likely N-dealkylation sites (N-methyl/N-ethyl adjacent to an activating group) is 1. The maximum Gasteiger partial charge on any atom is 0.345 e. The average molecular weight is 225 g/mol. The maximum atomic E-state index is 11.6. The lowest BCUT2D eigenvalue weighted by Crippen LogP contribution is -2.62. The second-order valence-corrected chi connectivity index (χ2v) is 5.75. The van der Waals surface area contributed by atoms with Crippen LogP contribution in [0, 0.1) is 0 Å². The van der Waals surface area contributed by atoms with Crippen molar-refractivity contribution in [1.29, 1.82) is 0 Å². The van der Waals surface area contributed by atoms with E-state index in [9.17, 15) is 4.79 Å². The van der Waals surface area contributed by atoms with Gasteiger partial charge in [-0.05, 0) is 27.7 Å². The van der Waals surface area contributed by atoms with E-state index in [1.165, 1.54) is 0 Å². The van der Waals surface area contributed by atoms with Gasteiger partial charge in [0.05, 0.1) is 11.2 Å². The van der Waals surface area contributed by atoms with Crippen molar-refractivity contribution >= 4 is 11.9 Å². The Labute approximate surface area is 95.6 Å². The van der Waals surface area contributed by atoms with Crippen LogP contribution in [0.5, 0.6) is 0 Å². The van der Waals surface area contributed by atoms with Gasteiger partial charge in [-0.25, -0.2) is 4.79 Å². The Morgan fingerprint density at radius 1 is 1.38 bits per heavy atom. The summed E-state index contributed by atoms with van der Waals surface area (Å²) in [5.74, 6) is 0.371. The molecule has 0 radical (unpaired) electrons. The van der Waals surface area contributed by atoms with E-state index in [0.29, 0.717) is 12.3 Å². The van der Waals surface area contributed by atoms with Gasteiger partial charge in [-0.2, -0.15) is 4.99 Å². The number of nitrogens with zero attached hydrogens (tertiary/aromatic N) is 2. The summed E-state index contributed by atoms with van der Waals surface area (Å²) in [6.07, 6.45) is 0.671. The van der Waals surface area contributed by atoms with E-state index in [0.717, 1.165) is 0 Å². The zero-order valence-corrected chi connectivity index (χ0v) is 10.5. The van der Waals surface area contributed by atoms with Crippen molar-refractivity contribution in [2.24, 2.45) is 10.7 Å². The van der Waals surface area contributed by atoms with E-state index in [1.807, 2.05) is 27.7 Å². The van der Waals surface area contributed by atoms with Crippen LogP contribution in [0.4, 0.5) is 4.79 Å². The Kier molecular flexibility index (Phi) is 1.97. The van der Waals surface area contributed by atoms with Crippen LogP contribution in [0.25, 0.3) is 0 Å². The van der Waals surface area contributed by atoms with Crippen LogP contribution in [0.15, 0.2) is 4.99 Å². The van der Waals surface area contributed by atoms with Crippen LogP contribution >= 0.6 is 0 Å². The summed E-state index contributed by atoms with van der Waals surface area (Å²) in [5, 5.41) is 0. The molecule has 2 N–H and O–H groups in total. The molecule has 1 unspecified atom stereocenters. The zero-order valence-electron chi connectivity index (χ0n) is 10.5. The molecule has 2 aliphatic heterocycles. The van der Waals surface area contributed by atoms with Crippen molar-refractivity contribution < 1.29 is 9.53 Å². The van der Waals surface area contributed by atoms with Crippen LogP contribution in [-0.2, 0) is 4.74 Å². The van der Waals surface area contributed by atoms with E-state index in [4.69, 9.17) is 10.5 Å². The topological polar surface area (TPSA) is 67.9 Å². The van der Waals surface area contributed by atoms with Crippen LogP contribution < -0.4 is 5.73 Å². The lowest BCUT2D eigenvalue weighted by atomic mass is 9.77. The number of nitrogens with two attached hydrogens (primary N) is 1. The van der Waals surface area contributed by atoms with Gasteiger partial charge in [0.15, 0.2) is 0 Å². The normalized spacial score (nSPS) is 35.9. The summed E-state index contributed by atoms with van der Waals surface area (Å²) in [5.41, 5.74) is 4.53. The lowest BCUT2D eigenvalue weighted by Gasteiger charge is -2.40. The van der Waals surface area contributed by atoms with Gasteiger partial charge in [-0.1, -0.05) is 0 Å². The molecule has 2 amide bonds. The highest BCUT2D eigenvalue weighted by molar-refractivity contribution is 6.06. The van der Waals surface area contributed by atoms with Gasteiger partial charge in [0, 0.05) is 13.5 Å². The summed E-state index contributed by atoms with van der Waals surface area (Å²) >= 11 is 0. The number of amides is 2. The standard InChI is InChI=1S/C11H19N3O2/c1-9(2)6-11(10(3,4)16-9)7(12)13-8(15)14(11)5/h6H2,1-5H3,(H2,12,13,15). The fourth-order valence-electron chi connectivity index (χ4n) is 3.17. The summed E-state index contributed by atoms with van der Waals surface area (Å²) in [7, 11) is 1.73. The first kappa shape index (κ1) is 11.4. The quantitative estimate of drug-likeness (QED) is 0.672. The first-order chi connectivity index (χ1) is 7.12. The molecule has 2 heterocycles. The van der Waals surface area contributed by atoms with Gasteiger partial charge in [0.2, 0.25) is 0 Å². The number of aliphatic imine (C=N–C) groups is 1. The monoisotopic (exact) mass is 225 g/mol. The number of carbonyl (C=O) groups is 1. The fourth-order valence-corrected chi connectivity index (χ4v) is 3.17. The number of rotatable bonds is 0. The predicted octanol–water partition coefficient (Wildman–Crippen LogP) is 1.13. The first-order valence-corrected chi connectivity index (χ1v) is 5.45. The van der Waals surface area contributed by atoms with Gasteiger partial charge in [0.1, 0.15) is 11.4 Å². The zero-order chi connectivity index (χ0) is 12.4. The molecule has 2 aliphatic rings. The van der Waals surface area contributed by atoms with Crippen molar-refractivity contribution in [3.8, 4) is 0 Å². The highest BCUT2D eigenvalue weighted by Crippen LogP contribution is 2.49. The molecule has 16 heavy (non-hydrogen) atoms. The lowest BCUT2D eigenvalue weighted by molar-refractivity contribution is -0.0825. The molecule has 0 aromatic carbocycles. The Bertz CT molecular complexity index is 387. The van der Waals surface area contributed by atoms with E-state index >= 15 is 0 Å². The van der Waals surface area contributed by atoms with E-state index in [1.54, 1.807) is 11.9 Å². The maximum absolute atomic E-state index is 11.6. The molecule has 5 heteroatoms. The van der Waals surface area contributed by atoms with E-state index in [2.05, 4.69) is 4.99 Å². The van der Waals surface area contributed by atoms with Gasteiger partial charge < -0.3 is 15.4 Å². The SMILES string of the molecule is CN1C(=O)N=C(N)C12CC(C)(C)OC2(C)C. The van der Waals surface area contributed by atoms with Gasteiger partial charge in [0.25, 0.3) is 0 Å². The van der Waals surface area contributed by atoms with Gasteiger partial charge in [-0.15, -0.1) is 0 Å². The summed E-state index contributed by atoms with van der Waals surface area (Å²) in [6.45, 7) is 7.93. The Morgan fingerprint density at radius 3 is 2.25 bits per heavy atom. The Morgan fingerprint density at radius 2 is 1.94 bits per heavy atom. The Balaban J connectivity index is 2.54. The molecule has 1 saturated heterocycles. The molecule has 0 saturated carbocycles. The minimum absolute atomic E-state index is 0.285. The molecule has 0 aromatic heterocycles. The van der Waals surface area contributed by atoms with E-state index < -0.39 is 11.1 Å². The van der Waals surface area contributed by atoms with Gasteiger partial charge >= 0.3 is 6.03 Å². The molecule has 0 aromatic rings. The highest BCUT2D eigenvalue weighted by Gasteiger charge is 2.65. The minimum atomic E-state index is -0.604. The highest BCUT2D eigenvalue weighted by atomic mass is 16.5. The third-order valence-corrected chi connectivity index (χ3v) is 3.71. The number of hydrogen-bond acceptors (Lipinski definition) is 3. The van der Waals surface area contributed by atoms with Crippen molar-refractivity contribution in [2.75, 3.05) is 7.05 Å². The number of urea groups is 1. The number of carbonyl (C=O) groups excluding carboxylic acids is 1. The van der Waals surface area contributed by atoms with Crippen LogP contribution in [0.1, 0.15) is 34.1 Å². The summed E-state index contributed by atoms with van der Waals surface area (Å²) in [4.78, 5) is 17.1. The molecule has 0 aliphatic carbocycles. The second-order valence-electron chi connectivity index (χ2n) is 5.75. The van der Waals surface area contributed by atoms with Gasteiger partial charge in [-0.3, -0.25) is 0 Å². The predicted molar refractivity (Wildman–Crippen MR) is 61.4 cm³/mol. The van der Waals surface area contributed by atoms with Crippen LogP contribution in [-0.4, -0.2) is 40.6 Å². The Hall–Kier alpha value is -1.10. The van der Waals surface area contributed by atoms with Crippen LogP contribution in [0.3, 0.4) is 0 Å². The molecule has 1 atom stereocenters. The third-order valence-electron chi connectivity index (χ3n) is 3.71. The fraction of sp³-hybridized carbons (Fsp3) is 0.818. The number of ether oxygens (including phenoxy) is 1. The minimum Gasteiger partial charge on any atom is -0.385 e. The van der Waals surface area contributed by atoms with Crippen LogP contribution in [0.2, 0.25) is 0 Å². The third kappa shape index (κ3) is 1.15. The summed E-state index contributed by atoms with van der Waals surface area (Å²) < 4.78 is 6.01. The van der Waals surface area contributed by atoms with Crippen molar-refractivity contribution in [1.82, 2.24) is 4.90 Å². The molecule has 1 spiro atoms. The van der Waals surface area contributed by atoms with Crippen molar-refractivity contribution in [3.05, 3.63) is 0 Å². The molecule has 90 valence electrons. The molecule has 5 nitrogen and oxygen atoms in total. The molecule has 2 rings (SSSR count). The average Bonchev–Trinajstić information content (AvgIpc) is 2.40. The molecular weight excluding hydrogens is 206 g/mol. The number of amidine groups is 1. The molecular formula is C11H19N3O2. The first-order valence-electron chi connectivity index (χ1n) is 5.45. The smallest absolute Gasteiger partial charge is 0.345 e. The van der Waals surface area contributed by atoms with E-state index in [-0.39, 0.29) is 11.6 Å².